The van der Waals surface area contributed by atoms with Gasteiger partial charge in [-0.05, 0) is 21.5 Å². The van der Waals surface area contributed by atoms with Gasteiger partial charge in [-0.2, -0.15) is 0 Å². The summed E-state index contributed by atoms with van der Waals surface area (Å²) in [7, 11) is 1.28. The molecular weight excluding hydrogens is 128 g/mol. The molecule has 0 atom stereocenters. The minimum atomic E-state index is 0.451. The maximum absolute atomic E-state index is 4.36. The second-order valence-corrected chi connectivity index (χ2v) is 1.19. The molecule has 0 spiro atoms. The normalized spacial score (nSPS) is 10.0. The van der Waals surface area contributed by atoms with Crippen LogP contribution < -0.4 is 0 Å². The summed E-state index contributed by atoms with van der Waals surface area (Å²) < 4.78 is 0. The average molecular weight is 138 g/mol. The van der Waals surface area contributed by atoms with Crippen molar-refractivity contribution in [2.75, 3.05) is 13.7 Å². The van der Waals surface area contributed by atoms with Gasteiger partial charge in [0.25, 0.3) is 0 Å². The topological polar surface area (TPSA) is 46.2 Å². The number of rotatable bonds is 6. The second kappa shape index (κ2) is 7.80. The standard InChI is InChI=1S/C4H10O5/c1-3-4-6-8-9-7-5-2/h3-4H2,1-2H3. The monoisotopic (exact) mass is 138 g/mol. The van der Waals surface area contributed by atoms with E-state index in [1.807, 2.05) is 6.92 Å². The summed E-state index contributed by atoms with van der Waals surface area (Å²) in [5, 5.41) is 11.6. The van der Waals surface area contributed by atoms with E-state index < -0.39 is 0 Å². The van der Waals surface area contributed by atoms with Gasteiger partial charge < -0.3 is 0 Å². The van der Waals surface area contributed by atoms with Crippen molar-refractivity contribution < 1.29 is 24.9 Å². The van der Waals surface area contributed by atoms with Crippen LogP contribution in [0.3, 0.4) is 0 Å². The molecule has 5 nitrogen and oxygen atoms in total. The van der Waals surface area contributed by atoms with Gasteiger partial charge in [-0.3, -0.25) is 0 Å². The van der Waals surface area contributed by atoms with Crippen molar-refractivity contribution in [3.63, 3.8) is 0 Å². The Morgan fingerprint density at radius 3 is 2.44 bits per heavy atom. The van der Waals surface area contributed by atoms with Crippen LogP contribution in [0.15, 0.2) is 0 Å². The van der Waals surface area contributed by atoms with Crippen LogP contribution in [0.2, 0.25) is 0 Å². The van der Waals surface area contributed by atoms with Gasteiger partial charge in [0.1, 0.15) is 0 Å². The van der Waals surface area contributed by atoms with Gasteiger partial charge in [0, 0.05) is 0 Å². The highest BCUT2D eigenvalue weighted by molar-refractivity contribution is 4.13. The molecule has 0 fully saturated rings. The molecule has 0 aromatic heterocycles. The van der Waals surface area contributed by atoms with E-state index in [0.717, 1.165) is 6.42 Å². The quantitative estimate of drug-likeness (QED) is 0.308. The Bertz CT molecular complexity index is 42.2. The molecule has 0 aliphatic heterocycles. The molecule has 0 aromatic carbocycles. The fourth-order valence-corrected chi connectivity index (χ4v) is 0.176. The zero-order valence-corrected chi connectivity index (χ0v) is 5.46. The highest BCUT2D eigenvalue weighted by Gasteiger charge is 1.86. The Morgan fingerprint density at radius 2 is 1.89 bits per heavy atom. The van der Waals surface area contributed by atoms with E-state index in [4.69, 9.17) is 0 Å². The summed E-state index contributed by atoms with van der Waals surface area (Å²) in [4.78, 5) is 8.35. The third-order valence-electron chi connectivity index (χ3n) is 0.459. The fourth-order valence-electron chi connectivity index (χ4n) is 0.176. The maximum Gasteiger partial charge on any atom is 0.0852 e. The first kappa shape index (κ1) is 8.80. The molecule has 0 rings (SSSR count). The van der Waals surface area contributed by atoms with E-state index in [1.54, 1.807) is 0 Å². The highest BCUT2D eigenvalue weighted by Crippen LogP contribution is 1.84. The van der Waals surface area contributed by atoms with E-state index in [0.29, 0.717) is 6.61 Å². The van der Waals surface area contributed by atoms with Crippen LogP contribution in [0, 0.1) is 0 Å². The number of hydrogen-bond acceptors (Lipinski definition) is 5. The lowest BCUT2D eigenvalue weighted by atomic mass is 10.5. The summed E-state index contributed by atoms with van der Waals surface area (Å²) in [6.45, 7) is 2.38. The fraction of sp³-hybridized carbons (Fsp3) is 1.00. The van der Waals surface area contributed by atoms with Gasteiger partial charge in [-0.25, -0.2) is 9.78 Å². The third kappa shape index (κ3) is 7.80. The first-order valence-corrected chi connectivity index (χ1v) is 2.57. The first-order valence-electron chi connectivity index (χ1n) is 2.57. The molecule has 0 radical (unpaired) electrons. The molecule has 0 aliphatic rings. The molecule has 0 aliphatic carbocycles. The summed E-state index contributed by atoms with van der Waals surface area (Å²) in [6.07, 6.45) is 0.844. The van der Waals surface area contributed by atoms with Gasteiger partial charge in [-0.15, -0.1) is 0 Å². The largest absolute Gasteiger partial charge is 0.207 e. The van der Waals surface area contributed by atoms with Crippen LogP contribution in [0.5, 0.6) is 0 Å². The predicted octanol–water partition coefficient (Wildman–Crippen LogP) is 0.769. The Kier molecular flexibility index (Phi) is 7.63. The van der Waals surface area contributed by atoms with Crippen LogP contribution >= 0.6 is 0 Å². The van der Waals surface area contributed by atoms with Crippen molar-refractivity contribution in [1.29, 1.82) is 0 Å². The molecule has 56 valence electrons. The molecule has 0 N–H and O–H groups in total. The van der Waals surface area contributed by atoms with Crippen LogP contribution in [0.1, 0.15) is 13.3 Å². The molecule has 0 saturated heterocycles. The zero-order chi connectivity index (χ0) is 6.95. The number of hydrogen-bond donors (Lipinski definition) is 0. The van der Waals surface area contributed by atoms with Crippen molar-refractivity contribution in [3.8, 4) is 0 Å². The molecule has 0 saturated carbocycles. The van der Waals surface area contributed by atoms with Crippen molar-refractivity contribution in [1.82, 2.24) is 0 Å². The lowest BCUT2D eigenvalue weighted by Gasteiger charge is -1.96. The molecule has 9 heavy (non-hydrogen) atoms. The van der Waals surface area contributed by atoms with Gasteiger partial charge in [0.15, 0.2) is 0 Å². The van der Waals surface area contributed by atoms with Gasteiger partial charge >= 0.3 is 0 Å². The van der Waals surface area contributed by atoms with Crippen LogP contribution in [0.4, 0.5) is 0 Å². The van der Waals surface area contributed by atoms with Gasteiger partial charge in [0.05, 0.1) is 13.7 Å². The molecule has 0 aromatic rings. The molecular formula is C4H10O5. The smallest absolute Gasteiger partial charge is 0.0852 e. The predicted molar refractivity (Wildman–Crippen MR) is 26.5 cm³/mol. The van der Waals surface area contributed by atoms with Crippen molar-refractivity contribution in [2.24, 2.45) is 0 Å². The minimum absolute atomic E-state index is 0.451. The van der Waals surface area contributed by atoms with Crippen LogP contribution in [-0.4, -0.2) is 13.7 Å². The van der Waals surface area contributed by atoms with E-state index in [-0.39, 0.29) is 0 Å². The lowest BCUT2D eigenvalue weighted by molar-refractivity contribution is -0.705. The summed E-state index contributed by atoms with van der Waals surface area (Å²) >= 11 is 0. The van der Waals surface area contributed by atoms with E-state index >= 15 is 0 Å². The van der Waals surface area contributed by atoms with Gasteiger partial charge in [0.2, 0.25) is 0 Å². The van der Waals surface area contributed by atoms with Crippen molar-refractivity contribution >= 4 is 0 Å². The maximum atomic E-state index is 4.36. The van der Waals surface area contributed by atoms with E-state index in [9.17, 15) is 0 Å². The summed E-state index contributed by atoms with van der Waals surface area (Å²) in [5.41, 5.74) is 0. The molecule has 5 heteroatoms. The van der Waals surface area contributed by atoms with E-state index in [1.165, 1.54) is 7.11 Å². The molecule has 0 amide bonds. The molecule has 0 unspecified atom stereocenters. The third-order valence-corrected chi connectivity index (χ3v) is 0.459. The first-order chi connectivity index (χ1) is 4.41. The van der Waals surface area contributed by atoms with Crippen LogP contribution in [0.25, 0.3) is 0 Å². The van der Waals surface area contributed by atoms with Crippen LogP contribution in [-0.2, 0) is 24.9 Å². The van der Waals surface area contributed by atoms with Crippen molar-refractivity contribution in [2.45, 2.75) is 13.3 Å². The molecule has 0 bridgehead atoms. The Hall–Kier alpha value is -0.200. The lowest BCUT2D eigenvalue weighted by Crippen LogP contribution is -1.97. The minimum Gasteiger partial charge on any atom is -0.207 e. The summed E-state index contributed by atoms with van der Waals surface area (Å²) in [6, 6.07) is 0. The second-order valence-electron chi connectivity index (χ2n) is 1.19. The van der Waals surface area contributed by atoms with E-state index in [2.05, 4.69) is 24.9 Å². The Morgan fingerprint density at radius 1 is 1.11 bits per heavy atom. The average Bonchev–Trinajstić information content (AvgIpc) is 1.89. The Balaban J connectivity index is 2.60. The highest BCUT2D eigenvalue weighted by atomic mass is 17.8. The SMILES string of the molecule is CCCOOOOOC. The zero-order valence-electron chi connectivity index (χ0n) is 5.46. The Labute approximate surface area is 53.1 Å². The van der Waals surface area contributed by atoms with Crippen molar-refractivity contribution in [3.05, 3.63) is 0 Å². The summed E-state index contributed by atoms with van der Waals surface area (Å²) in [5.74, 6) is 0. The molecule has 0 heterocycles. The van der Waals surface area contributed by atoms with Gasteiger partial charge in [-0.1, -0.05) is 6.92 Å².